The van der Waals surface area contributed by atoms with Crippen LogP contribution in [-0.4, -0.2) is 5.71 Å². The molecule has 0 bridgehead atoms. The van der Waals surface area contributed by atoms with Gasteiger partial charge in [0, 0.05) is 10.7 Å². The number of halogens is 2. The molecule has 0 radical (unpaired) electrons. The number of allylic oxidation sites excluding steroid dienone is 5. The first-order chi connectivity index (χ1) is 5.70. The van der Waals surface area contributed by atoms with Crippen LogP contribution in [0, 0.1) is 5.92 Å². The third-order valence-corrected chi connectivity index (χ3v) is 3.14. The third kappa shape index (κ3) is 1.00. The Labute approximate surface area is 78.5 Å². The Morgan fingerprint density at radius 3 is 3.08 bits per heavy atom. The molecule has 2 aliphatic rings. The number of aliphatic imine (C=N–C) groups is 1. The zero-order chi connectivity index (χ0) is 8.72. The molecule has 0 amide bonds. The van der Waals surface area contributed by atoms with Crippen LogP contribution in [0.25, 0.3) is 0 Å². The van der Waals surface area contributed by atoms with Gasteiger partial charge in [-0.05, 0) is 18.6 Å². The largest absolute Gasteiger partial charge is 0.258 e. The average Bonchev–Trinajstić information content (AvgIpc) is 2.48. The molecule has 62 valence electrons. The van der Waals surface area contributed by atoms with Crippen molar-refractivity contribution in [1.29, 1.82) is 0 Å². The molecule has 1 aliphatic carbocycles. The summed E-state index contributed by atoms with van der Waals surface area (Å²) >= 11 is 3.42. The molecule has 0 spiro atoms. The number of hydrogen-bond acceptors (Lipinski definition) is 1. The van der Waals surface area contributed by atoms with Gasteiger partial charge in [-0.1, -0.05) is 22.0 Å². The molecular formula is C9H7BrFN. The van der Waals surface area contributed by atoms with E-state index in [1.54, 1.807) is 6.20 Å². The molecule has 0 aromatic rings. The van der Waals surface area contributed by atoms with E-state index in [9.17, 15) is 4.39 Å². The lowest BCUT2D eigenvalue weighted by atomic mass is 9.95. The molecule has 0 fully saturated rings. The Hall–Kier alpha value is -0.700. The van der Waals surface area contributed by atoms with Crippen molar-refractivity contribution in [2.75, 3.05) is 0 Å². The van der Waals surface area contributed by atoms with Gasteiger partial charge in [-0.25, -0.2) is 4.39 Å². The fourth-order valence-corrected chi connectivity index (χ4v) is 1.86. The summed E-state index contributed by atoms with van der Waals surface area (Å²) in [7, 11) is 0. The fourth-order valence-electron chi connectivity index (χ4n) is 1.37. The molecule has 0 saturated heterocycles. The van der Waals surface area contributed by atoms with E-state index in [0.29, 0.717) is 5.71 Å². The van der Waals surface area contributed by atoms with Gasteiger partial charge < -0.3 is 0 Å². The van der Waals surface area contributed by atoms with Gasteiger partial charge >= 0.3 is 0 Å². The first kappa shape index (κ1) is 7.92. The van der Waals surface area contributed by atoms with Crippen LogP contribution in [0.5, 0.6) is 0 Å². The van der Waals surface area contributed by atoms with Gasteiger partial charge in [-0.15, -0.1) is 0 Å². The maximum Gasteiger partial charge on any atom is 0.145 e. The predicted molar refractivity (Wildman–Crippen MR) is 50.9 cm³/mol. The molecule has 1 aliphatic heterocycles. The molecule has 1 heterocycles. The molecule has 1 nitrogen and oxygen atoms in total. The lowest BCUT2D eigenvalue weighted by Crippen LogP contribution is -2.14. The lowest BCUT2D eigenvalue weighted by Gasteiger charge is -2.16. The van der Waals surface area contributed by atoms with Crippen molar-refractivity contribution in [2.24, 2.45) is 10.9 Å². The van der Waals surface area contributed by atoms with Crippen molar-refractivity contribution >= 4 is 21.6 Å². The van der Waals surface area contributed by atoms with Gasteiger partial charge in [0.25, 0.3) is 0 Å². The van der Waals surface area contributed by atoms with Crippen LogP contribution < -0.4 is 0 Å². The zero-order valence-electron chi connectivity index (χ0n) is 6.51. The minimum absolute atomic E-state index is 0.00926. The second kappa shape index (κ2) is 2.66. The number of rotatable bonds is 0. The van der Waals surface area contributed by atoms with Crippen molar-refractivity contribution < 1.29 is 4.39 Å². The van der Waals surface area contributed by atoms with Gasteiger partial charge in [0.05, 0.1) is 11.6 Å². The van der Waals surface area contributed by atoms with Crippen LogP contribution in [0.2, 0.25) is 0 Å². The highest BCUT2D eigenvalue weighted by molar-refractivity contribution is 9.11. The Morgan fingerprint density at radius 2 is 2.33 bits per heavy atom. The smallest absolute Gasteiger partial charge is 0.145 e. The van der Waals surface area contributed by atoms with Crippen LogP contribution >= 0.6 is 15.9 Å². The topological polar surface area (TPSA) is 12.4 Å². The molecule has 0 aromatic heterocycles. The maximum atomic E-state index is 13.2. The summed E-state index contributed by atoms with van der Waals surface area (Å²) in [6.45, 7) is 1.88. The molecule has 0 saturated carbocycles. The van der Waals surface area contributed by atoms with Gasteiger partial charge in [0.15, 0.2) is 0 Å². The molecule has 12 heavy (non-hydrogen) atoms. The maximum absolute atomic E-state index is 13.2. The lowest BCUT2D eigenvalue weighted by molar-refractivity contribution is 0.670. The molecule has 0 unspecified atom stereocenters. The molecule has 0 N–H and O–H groups in total. The van der Waals surface area contributed by atoms with Crippen LogP contribution in [0.3, 0.4) is 0 Å². The second-order valence-electron chi connectivity index (χ2n) is 2.86. The highest BCUT2D eigenvalue weighted by atomic mass is 79.9. The van der Waals surface area contributed by atoms with E-state index in [4.69, 9.17) is 0 Å². The quantitative estimate of drug-likeness (QED) is 0.604. The minimum Gasteiger partial charge on any atom is -0.258 e. The Bertz CT molecular complexity index is 350. The summed E-state index contributed by atoms with van der Waals surface area (Å²) < 4.78 is 14.2. The molecule has 2 rings (SSSR count). The van der Waals surface area contributed by atoms with Crippen molar-refractivity contribution in [2.45, 2.75) is 6.92 Å². The minimum atomic E-state index is -0.217. The third-order valence-electron chi connectivity index (χ3n) is 2.02. The molecule has 1 atom stereocenters. The van der Waals surface area contributed by atoms with Crippen molar-refractivity contribution in [3.63, 3.8) is 0 Å². The normalized spacial score (nSPS) is 27.1. The summed E-state index contributed by atoms with van der Waals surface area (Å²) in [6.07, 6.45) is 5.04. The Morgan fingerprint density at radius 1 is 1.58 bits per heavy atom. The Balaban J connectivity index is 2.53. The zero-order valence-corrected chi connectivity index (χ0v) is 8.10. The first-order valence-corrected chi connectivity index (χ1v) is 4.47. The van der Waals surface area contributed by atoms with Crippen molar-refractivity contribution in [1.82, 2.24) is 0 Å². The molecule has 3 heteroatoms. The van der Waals surface area contributed by atoms with Crippen LogP contribution in [0.1, 0.15) is 6.92 Å². The number of fused-ring (bicyclic) bond motifs is 1. The summed E-state index contributed by atoms with van der Waals surface area (Å²) in [5.41, 5.74) is 1.45. The van der Waals surface area contributed by atoms with Crippen molar-refractivity contribution in [3.05, 3.63) is 34.2 Å². The molecule has 0 aromatic carbocycles. The summed E-state index contributed by atoms with van der Waals surface area (Å²) in [5.74, 6) is -0.208. The van der Waals surface area contributed by atoms with Gasteiger partial charge in [0.2, 0.25) is 0 Å². The average molecular weight is 228 g/mol. The monoisotopic (exact) mass is 227 g/mol. The van der Waals surface area contributed by atoms with Gasteiger partial charge in [0.1, 0.15) is 5.83 Å². The highest BCUT2D eigenvalue weighted by Crippen LogP contribution is 2.35. The van der Waals surface area contributed by atoms with E-state index in [2.05, 4.69) is 20.9 Å². The van der Waals surface area contributed by atoms with E-state index in [-0.39, 0.29) is 11.7 Å². The Kier molecular flexibility index (Phi) is 1.76. The van der Waals surface area contributed by atoms with Crippen LogP contribution in [-0.2, 0) is 0 Å². The summed E-state index contributed by atoms with van der Waals surface area (Å²) in [5, 5.41) is 0. The fraction of sp³-hybridized carbons (Fsp3) is 0.222. The van der Waals surface area contributed by atoms with Crippen LogP contribution in [0.4, 0.5) is 4.39 Å². The van der Waals surface area contributed by atoms with Gasteiger partial charge in [-0.2, -0.15) is 0 Å². The summed E-state index contributed by atoms with van der Waals surface area (Å²) in [6, 6.07) is 0. The van der Waals surface area contributed by atoms with Gasteiger partial charge in [-0.3, -0.25) is 4.99 Å². The molecular weight excluding hydrogens is 221 g/mol. The highest BCUT2D eigenvalue weighted by Gasteiger charge is 2.27. The van der Waals surface area contributed by atoms with E-state index < -0.39 is 0 Å². The van der Waals surface area contributed by atoms with E-state index in [1.165, 1.54) is 6.08 Å². The number of nitrogens with zero attached hydrogens (tertiary/aromatic N) is 1. The van der Waals surface area contributed by atoms with E-state index in [1.807, 2.05) is 13.0 Å². The van der Waals surface area contributed by atoms with E-state index in [0.717, 1.165) is 10.1 Å². The SMILES string of the molecule is CC1=C(Br)[C@@H]2C=CN=C2C(F)=C1. The standard InChI is InChI=1S/C9H7BrFN/c1-5-4-7(11)9-6(8(5)10)2-3-12-9/h2-4,6H,1H3/t6-/m0/s1. The van der Waals surface area contributed by atoms with E-state index >= 15 is 0 Å². The van der Waals surface area contributed by atoms with Crippen molar-refractivity contribution in [3.8, 4) is 0 Å². The summed E-state index contributed by atoms with van der Waals surface area (Å²) in [4.78, 5) is 3.95. The second-order valence-corrected chi connectivity index (χ2v) is 3.71. The predicted octanol–water partition coefficient (Wildman–Crippen LogP) is 3.11. The number of hydrogen-bond donors (Lipinski definition) is 0. The van der Waals surface area contributed by atoms with Crippen LogP contribution in [0.15, 0.2) is 39.2 Å². The first-order valence-electron chi connectivity index (χ1n) is 3.68.